The average Bonchev–Trinajstić information content (AvgIpc) is 0.845. The van der Waals surface area contributed by atoms with Gasteiger partial charge in [0, 0.05) is 19.2 Å². The first-order valence-electron chi connectivity index (χ1n) is 46.9. The van der Waals surface area contributed by atoms with Gasteiger partial charge >= 0.3 is 5.69 Å². The molecule has 9 atom stereocenters. The molecule has 0 saturated heterocycles. The first-order chi connectivity index (χ1) is 62.4. The Morgan fingerprint density at radius 1 is 0.277 bits per heavy atom. The number of aromatic amines is 2. The van der Waals surface area contributed by atoms with E-state index in [9.17, 15) is 91.1 Å². The summed E-state index contributed by atoms with van der Waals surface area (Å²) in [6.45, 7) is 52.7. The third kappa shape index (κ3) is 41.4. The Kier molecular flexibility index (Phi) is 45.3. The summed E-state index contributed by atoms with van der Waals surface area (Å²) in [6, 6.07) is -10.3. The van der Waals surface area contributed by atoms with Crippen molar-refractivity contribution in [3.8, 4) is 0 Å². The number of carbonyl (C=O) groups excluding carboxylic acids is 17. The Bertz CT molecular complexity index is 4630. The van der Waals surface area contributed by atoms with E-state index < -0.39 is 210 Å². The Balaban J connectivity index is 2.28. The molecule has 0 aromatic carbocycles. The van der Waals surface area contributed by atoms with E-state index >= 15 is 0 Å². The van der Waals surface area contributed by atoms with Crippen LogP contribution < -0.4 is 124 Å². The minimum atomic E-state index is -1.81. The molecule has 2 rings (SSSR count). The summed E-state index contributed by atoms with van der Waals surface area (Å²) < 4.78 is 0. The van der Waals surface area contributed by atoms with Crippen molar-refractivity contribution < 1.29 is 81.5 Å². The maximum absolute atomic E-state index is 14.5. The smallest absolute Gasteiger partial charge is 0.327 e. The van der Waals surface area contributed by atoms with E-state index in [1.54, 1.807) is 83.1 Å². The van der Waals surface area contributed by atoms with E-state index in [0.29, 0.717) is 0 Å². The zero-order chi connectivity index (χ0) is 106. The molecule has 0 radical (unpaired) electrons. The Morgan fingerprint density at radius 2 is 0.474 bits per heavy atom. The van der Waals surface area contributed by atoms with Crippen molar-refractivity contribution >= 4 is 124 Å². The van der Waals surface area contributed by atoms with Gasteiger partial charge < -0.3 is 112 Å². The highest BCUT2D eigenvalue weighted by molar-refractivity contribution is 6.04. The second-order valence-electron chi connectivity index (χ2n) is 43.1. The topological polar surface area (TPSA) is 675 Å². The van der Waals surface area contributed by atoms with Crippen LogP contribution in [0.3, 0.4) is 0 Å². The molecule has 2 aromatic heterocycles. The molecule has 2 aromatic rings. The first kappa shape index (κ1) is 121. The van der Waals surface area contributed by atoms with E-state index in [4.69, 9.17) is 11.5 Å². The van der Waals surface area contributed by atoms with Gasteiger partial charge in [-0.1, -0.05) is 111 Å². The molecule has 0 unspecified atom stereocenters. The molecule has 0 bridgehead atoms. The molecule has 17 amide bonds. The number of nitrogens with one attached hydrogen (secondary N) is 21. The fourth-order valence-electron chi connectivity index (χ4n) is 13.8. The van der Waals surface area contributed by atoms with E-state index in [1.165, 1.54) is 118 Å². The van der Waals surface area contributed by atoms with Gasteiger partial charge in [-0.05, 0) is 216 Å². The number of hydrogen-bond acceptors (Lipinski definition) is 26. The maximum Gasteiger partial charge on any atom is 0.327 e. The highest BCUT2D eigenvalue weighted by Gasteiger charge is 2.46. The number of anilines is 4. The third-order valence-electron chi connectivity index (χ3n) is 21.6. The van der Waals surface area contributed by atoms with Crippen molar-refractivity contribution in [3.05, 3.63) is 26.9 Å². The Hall–Kier alpha value is -12.1. The highest BCUT2D eigenvalue weighted by Crippen LogP contribution is 2.22. The number of nitrogen functional groups attached to an aromatic ring is 2. The SMILES string of the molecule is CC(C)C[C@H](NC(=O)[C@H](C)Nc1cc(=O)[nH]c(=O)[nH]1)C(=O)NC(C)(C)C(=O)N[C@@H](CC(C)C)C(=O)NC(C)(C)C(=O)N[C@@H](CC(C)C)C(=O)NC(C)(C)C(=O)N[C@@H](CC(C)C)C(=O)NC(C)(C)C(=O)N[C@@H](CC(C)C)C(=O)NC(C)(C)C(=O)N[C@@H](CC(C)C)C(=O)NC(C)(C)C(=O)N[C@@H](CC(C)C)C(=O)NC(C)(C)C(=O)N[C@@H](CC(C)C)C(=O)NC(C)(C)C(=O)NCCNc1nc(N)nc(N)n1. The van der Waals surface area contributed by atoms with Crippen LogP contribution in [0.4, 0.5) is 23.7 Å². The van der Waals surface area contributed by atoms with Gasteiger partial charge in [0.25, 0.3) is 5.56 Å². The number of carbonyl (C=O) groups is 17. The first-order valence-corrected chi connectivity index (χ1v) is 46.9. The summed E-state index contributed by atoms with van der Waals surface area (Å²) in [6.07, 6.45) is 0.444. The average molecular weight is 1940 g/mol. The van der Waals surface area contributed by atoms with Crippen molar-refractivity contribution in [1.29, 1.82) is 0 Å². The lowest BCUT2D eigenvalue weighted by Crippen LogP contribution is -2.66. The lowest BCUT2D eigenvalue weighted by Gasteiger charge is -2.35. The standard InChI is InChI=1S/C92H162N26O19/c1-45(2)36-54(98-64(120)53(17)97-62-44-63(119)107-84(137)106-62)65(121)112-86(20,21)74(130)100-56(38-47(5)6)67(123)114-88(24,25)76(132)102-58(40-49(9)10)69(125)116-90(28,29)78(134)104-60(42-51(13)14)71(127)118-92(32,33)80(136)105-61(43-52(15)16)72(128)117-91(30,31)79(135)103-59(41-50(11)12)70(126)115-89(26,27)77(133)101-57(39-48(7)8)68(124)113-87(22,23)75(131)99-55(37-46(3)4)66(122)111-85(18,19)73(129)95-34-35-96-83-109-81(93)108-82(94)110-83/h44-61H,34-43H2,1-33H3,(H,95,129)(H,98,120)(H,99,131)(H,100,130)(H,101,133)(H,102,132)(H,103,135)(H,104,134)(H,105,136)(H,111,122)(H,112,121)(H,113,124)(H,114,123)(H,115,126)(H,116,125)(H,117,128)(H,118,127)(H3,97,106,107,119,137)(H5,93,94,96,108,109,110)/t53-,54-,55-,56-,57-,58-,59-,60-,61-/m0/s1. The molecular formula is C92H162N26O19. The predicted molar refractivity (Wildman–Crippen MR) is 520 cm³/mol. The van der Waals surface area contributed by atoms with Crippen molar-refractivity contribution in [2.75, 3.05) is 35.2 Å². The summed E-state index contributed by atoms with van der Waals surface area (Å²) in [5.74, 6) is -15.2. The second kappa shape index (κ2) is 51.3. The Labute approximate surface area is 805 Å². The van der Waals surface area contributed by atoms with E-state index in [-0.39, 0.29) is 135 Å². The van der Waals surface area contributed by atoms with Gasteiger partial charge in [-0.2, -0.15) is 15.0 Å². The Morgan fingerprint density at radius 3 is 0.672 bits per heavy atom. The minimum absolute atomic E-state index is 0.0150. The quantitative estimate of drug-likeness (QED) is 0.0408. The zero-order valence-corrected chi connectivity index (χ0v) is 86.7. The van der Waals surface area contributed by atoms with Crippen LogP contribution in [0.25, 0.3) is 0 Å². The fraction of sp³-hybridized carbons (Fsp3) is 0.739. The molecule has 0 fully saturated rings. The third-order valence-corrected chi connectivity index (χ3v) is 21.6. The van der Waals surface area contributed by atoms with Gasteiger partial charge in [-0.3, -0.25) is 96.3 Å². The molecule has 2 heterocycles. The molecule has 45 nitrogen and oxygen atoms in total. The summed E-state index contributed by atoms with van der Waals surface area (Å²) in [5, 5.41) is 51.5. The number of aromatic nitrogens is 5. The van der Waals surface area contributed by atoms with Crippen LogP contribution in [0.1, 0.15) is 280 Å². The van der Waals surface area contributed by atoms with Gasteiger partial charge in [0.1, 0.15) is 105 Å². The normalized spacial score (nSPS) is 14.3. The monoisotopic (exact) mass is 1940 g/mol. The van der Waals surface area contributed by atoms with Crippen molar-refractivity contribution in [1.82, 2.24) is 115 Å². The summed E-state index contributed by atoms with van der Waals surface area (Å²) in [7, 11) is 0. The second-order valence-corrected chi connectivity index (χ2v) is 43.1. The van der Waals surface area contributed by atoms with Gasteiger partial charge in [0.15, 0.2) is 0 Å². The van der Waals surface area contributed by atoms with Gasteiger partial charge in [0.05, 0.1) is 0 Å². The lowest BCUT2D eigenvalue weighted by atomic mass is 9.95. The predicted octanol–water partition coefficient (Wildman–Crippen LogP) is 0.847. The van der Waals surface area contributed by atoms with Gasteiger partial charge in [0.2, 0.25) is 118 Å². The maximum atomic E-state index is 14.5. The number of rotatable bonds is 55. The molecule has 0 aliphatic rings. The summed E-state index contributed by atoms with van der Waals surface area (Å²) in [4.78, 5) is 281. The summed E-state index contributed by atoms with van der Waals surface area (Å²) >= 11 is 0. The largest absolute Gasteiger partial charge is 0.368 e. The molecule has 0 saturated carbocycles. The molecule has 137 heavy (non-hydrogen) atoms. The molecule has 774 valence electrons. The molecular weight excluding hydrogens is 1770 g/mol. The van der Waals surface area contributed by atoms with E-state index in [0.717, 1.165) is 6.07 Å². The zero-order valence-electron chi connectivity index (χ0n) is 86.7. The lowest BCUT2D eigenvalue weighted by molar-refractivity contribution is -0.140. The molecule has 45 heteroatoms. The summed E-state index contributed by atoms with van der Waals surface area (Å²) in [5.41, 5.74) is -4.15. The van der Waals surface area contributed by atoms with Crippen LogP contribution in [0, 0.1) is 47.3 Å². The van der Waals surface area contributed by atoms with Crippen LogP contribution in [-0.2, 0) is 81.5 Å². The number of amides is 17. The van der Waals surface area contributed by atoms with Crippen LogP contribution in [-0.4, -0.2) is 237 Å². The van der Waals surface area contributed by atoms with Crippen LogP contribution in [0.2, 0.25) is 0 Å². The molecule has 0 aliphatic heterocycles. The van der Waals surface area contributed by atoms with Crippen LogP contribution >= 0.6 is 0 Å². The number of nitrogens with two attached hydrogens (primary N) is 2. The van der Waals surface area contributed by atoms with Crippen molar-refractivity contribution in [2.45, 2.75) is 379 Å². The van der Waals surface area contributed by atoms with Crippen molar-refractivity contribution in [3.63, 3.8) is 0 Å². The number of H-pyrrole nitrogens is 2. The molecule has 25 N–H and O–H groups in total. The van der Waals surface area contributed by atoms with Crippen molar-refractivity contribution in [2.24, 2.45) is 47.3 Å². The fourth-order valence-corrected chi connectivity index (χ4v) is 13.8. The van der Waals surface area contributed by atoms with Crippen LogP contribution in [0.5, 0.6) is 0 Å². The number of nitrogens with zero attached hydrogens (tertiary/aromatic N) is 3. The molecule has 0 aliphatic carbocycles. The van der Waals surface area contributed by atoms with Crippen LogP contribution in [0.15, 0.2) is 15.7 Å². The minimum Gasteiger partial charge on any atom is -0.368 e. The van der Waals surface area contributed by atoms with E-state index in [1.807, 2.05) is 32.7 Å². The molecule has 0 spiro atoms. The highest BCUT2D eigenvalue weighted by atomic mass is 16.2. The van der Waals surface area contributed by atoms with Gasteiger partial charge in [-0.25, -0.2) is 4.79 Å². The van der Waals surface area contributed by atoms with Gasteiger partial charge in [-0.15, -0.1) is 0 Å². The number of hydrogen-bond donors (Lipinski definition) is 23. The van der Waals surface area contributed by atoms with E-state index in [2.05, 4.69) is 121 Å².